The summed E-state index contributed by atoms with van der Waals surface area (Å²) >= 11 is 0. The molecule has 1 aromatic carbocycles. The number of amides is 1. The lowest BCUT2D eigenvalue weighted by molar-refractivity contribution is -0.140. The van der Waals surface area contributed by atoms with Gasteiger partial charge >= 0.3 is 5.97 Å². The summed E-state index contributed by atoms with van der Waals surface area (Å²) in [6.45, 7) is 1.46. The number of hydrogen-bond donors (Lipinski definition) is 1. The van der Waals surface area contributed by atoms with Gasteiger partial charge in [0.25, 0.3) is 0 Å². The maximum atomic E-state index is 11.9. The summed E-state index contributed by atoms with van der Waals surface area (Å²) in [5.41, 5.74) is 0.699. The van der Waals surface area contributed by atoms with Gasteiger partial charge in [-0.05, 0) is 37.1 Å². The fourth-order valence-corrected chi connectivity index (χ4v) is 2.35. The molecule has 1 aliphatic carbocycles. The summed E-state index contributed by atoms with van der Waals surface area (Å²) < 4.78 is 5.36. The van der Waals surface area contributed by atoms with E-state index in [2.05, 4.69) is 5.32 Å². The number of rotatable bonds is 3. The van der Waals surface area contributed by atoms with E-state index < -0.39 is 0 Å². The highest BCUT2D eigenvalue weighted by atomic mass is 16.5. The third-order valence-corrected chi connectivity index (χ3v) is 3.33. The number of carbonyl (C=O) groups excluding carboxylic acids is 2. The van der Waals surface area contributed by atoms with E-state index >= 15 is 0 Å². The van der Waals surface area contributed by atoms with Crippen molar-refractivity contribution in [3.63, 3.8) is 0 Å². The Hall–Kier alpha value is -1.84. The molecule has 0 bridgehead atoms. The Bertz CT molecular complexity index is 447. The van der Waals surface area contributed by atoms with Gasteiger partial charge in [-0.1, -0.05) is 19.3 Å². The van der Waals surface area contributed by atoms with Crippen LogP contribution in [0.4, 0.5) is 5.69 Å². The molecule has 0 aliphatic heterocycles. The Morgan fingerprint density at radius 3 is 2.32 bits per heavy atom. The number of esters is 1. The lowest BCUT2D eigenvalue weighted by Gasteiger charge is -2.19. The average Bonchev–Trinajstić information content (AvgIpc) is 2.41. The van der Waals surface area contributed by atoms with Crippen LogP contribution in [-0.2, 0) is 9.59 Å². The SMILES string of the molecule is CC(=O)Nc1ccc(OC(=O)C2CCCCC2)cc1. The Morgan fingerprint density at radius 2 is 1.74 bits per heavy atom. The van der Waals surface area contributed by atoms with Crippen molar-refractivity contribution >= 4 is 17.6 Å². The third kappa shape index (κ3) is 4.09. The first-order chi connectivity index (χ1) is 9.15. The molecule has 2 rings (SSSR count). The highest BCUT2D eigenvalue weighted by Crippen LogP contribution is 2.26. The largest absolute Gasteiger partial charge is 0.426 e. The van der Waals surface area contributed by atoms with E-state index in [1.165, 1.54) is 13.3 Å². The van der Waals surface area contributed by atoms with Crippen molar-refractivity contribution in [1.29, 1.82) is 0 Å². The molecule has 1 aromatic rings. The Morgan fingerprint density at radius 1 is 1.11 bits per heavy atom. The molecule has 19 heavy (non-hydrogen) atoms. The topological polar surface area (TPSA) is 55.4 Å². The second-order valence-corrected chi connectivity index (χ2v) is 4.96. The molecule has 1 N–H and O–H groups in total. The lowest BCUT2D eigenvalue weighted by atomic mass is 9.89. The smallest absolute Gasteiger partial charge is 0.314 e. The van der Waals surface area contributed by atoms with Crippen molar-refractivity contribution in [2.75, 3.05) is 5.32 Å². The predicted octanol–water partition coefficient (Wildman–Crippen LogP) is 3.13. The van der Waals surface area contributed by atoms with Crippen LogP contribution in [0.3, 0.4) is 0 Å². The quantitative estimate of drug-likeness (QED) is 0.671. The molecule has 1 saturated carbocycles. The highest BCUT2D eigenvalue weighted by Gasteiger charge is 2.22. The van der Waals surface area contributed by atoms with Gasteiger partial charge in [0.1, 0.15) is 5.75 Å². The van der Waals surface area contributed by atoms with Gasteiger partial charge in [-0.2, -0.15) is 0 Å². The van der Waals surface area contributed by atoms with Crippen molar-refractivity contribution in [2.24, 2.45) is 5.92 Å². The van der Waals surface area contributed by atoms with E-state index in [1.807, 2.05) is 0 Å². The van der Waals surface area contributed by atoms with Crippen molar-refractivity contribution in [3.8, 4) is 5.75 Å². The maximum absolute atomic E-state index is 11.9. The molecule has 0 saturated heterocycles. The van der Waals surface area contributed by atoms with Crippen LogP contribution in [0.25, 0.3) is 0 Å². The third-order valence-electron chi connectivity index (χ3n) is 3.33. The molecule has 0 heterocycles. The minimum atomic E-state index is -0.132. The van der Waals surface area contributed by atoms with Crippen LogP contribution in [0.5, 0.6) is 5.75 Å². The molecule has 0 atom stereocenters. The minimum Gasteiger partial charge on any atom is -0.426 e. The Labute approximate surface area is 113 Å². The summed E-state index contributed by atoms with van der Waals surface area (Å²) in [7, 11) is 0. The van der Waals surface area contributed by atoms with Gasteiger partial charge in [0, 0.05) is 12.6 Å². The molecule has 0 radical (unpaired) electrons. The summed E-state index contributed by atoms with van der Waals surface area (Å²) in [6, 6.07) is 6.85. The highest BCUT2D eigenvalue weighted by molar-refractivity contribution is 5.88. The fraction of sp³-hybridized carbons (Fsp3) is 0.467. The van der Waals surface area contributed by atoms with Crippen molar-refractivity contribution in [3.05, 3.63) is 24.3 Å². The number of benzene rings is 1. The first-order valence-electron chi connectivity index (χ1n) is 6.74. The number of ether oxygens (including phenoxy) is 1. The van der Waals surface area contributed by atoms with Gasteiger partial charge in [0.2, 0.25) is 5.91 Å². The maximum Gasteiger partial charge on any atom is 0.314 e. The number of hydrogen-bond acceptors (Lipinski definition) is 3. The van der Waals surface area contributed by atoms with Crippen LogP contribution in [0.1, 0.15) is 39.0 Å². The molecule has 102 valence electrons. The van der Waals surface area contributed by atoms with Crippen LogP contribution in [-0.4, -0.2) is 11.9 Å². The zero-order chi connectivity index (χ0) is 13.7. The van der Waals surface area contributed by atoms with Crippen LogP contribution >= 0.6 is 0 Å². The van der Waals surface area contributed by atoms with Gasteiger partial charge in [-0.3, -0.25) is 9.59 Å². The molecule has 1 amide bonds. The van der Waals surface area contributed by atoms with Gasteiger partial charge in [-0.15, -0.1) is 0 Å². The van der Waals surface area contributed by atoms with Gasteiger partial charge in [0.05, 0.1) is 5.92 Å². The number of anilines is 1. The lowest BCUT2D eigenvalue weighted by Crippen LogP contribution is -2.22. The second kappa shape index (κ2) is 6.36. The molecule has 1 fully saturated rings. The van der Waals surface area contributed by atoms with E-state index in [-0.39, 0.29) is 17.8 Å². The molecule has 4 nitrogen and oxygen atoms in total. The van der Waals surface area contributed by atoms with Gasteiger partial charge < -0.3 is 10.1 Å². The van der Waals surface area contributed by atoms with E-state index in [4.69, 9.17) is 4.74 Å². The van der Waals surface area contributed by atoms with Crippen LogP contribution in [0.2, 0.25) is 0 Å². The normalized spacial score (nSPS) is 15.8. The Balaban J connectivity index is 1.91. The zero-order valence-corrected chi connectivity index (χ0v) is 11.1. The molecule has 0 spiro atoms. The summed E-state index contributed by atoms with van der Waals surface area (Å²) in [4.78, 5) is 22.8. The molecular formula is C15H19NO3. The van der Waals surface area contributed by atoms with E-state index in [0.29, 0.717) is 11.4 Å². The van der Waals surface area contributed by atoms with Crippen molar-refractivity contribution in [1.82, 2.24) is 0 Å². The van der Waals surface area contributed by atoms with E-state index in [9.17, 15) is 9.59 Å². The van der Waals surface area contributed by atoms with Crippen LogP contribution < -0.4 is 10.1 Å². The summed E-state index contributed by atoms with van der Waals surface area (Å²) in [6.07, 6.45) is 5.31. The summed E-state index contributed by atoms with van der Waals surface area (Å²) in [5.74, 6) is 0.326. The predicted molar refractivity (Wildman–Crippen MR) is 73.0 cm³/mol. The Kier molecular flexibility index (Phi) is 4.55. The van der Waals surface area contributed by atoms with Gasteiger partial charge in [0.15, 0.2) is 0 Å². The fourth-order valence-electron chi connectivity index (χ4n) is 2.35. The first kappa shape index (κ1) is 13.6. The van der Waals surface area contributed by atoms with Crippen molar-refractivity contribution < 1.29 is 14.3 Å². The molecule has 1 aliphatic rings. The first-order valence-corrected chi connectivity index (χ1v) is 6.74. The average molecular weight is 261 g/mol. The standard InChI is InChI=1S/C15H19NO3/c1-11(17)16-13-7-9-14(10-8-13)19-15(18)12-5-3-2-4-6-12/h7-10,12H,2-6H2,1H3,(H,16,17). The molecule has 0 unspecified atom stereocenters. The minimum absolute atomic E-state index is 0.0452. The molecule has 0 aromatic heterocycles. The number of nitrogens with one attached hydrogen (secondary N) is 1. The van der Waals surface area contributed by atoms with Crippen molar-refractivity contribution in [2.45, 2.75) is 39.0 Å². The summed E-state index contributed by atoms with van der Waals surface area (Å²) in [5, 5.41) is 2.67. The van der Waals surface area contributed by atoms with E-state index in [1.54, 1.807) is 24.3 Å². The molecular weight excluding hydrogens is 242 g/mol. The molecule has 4 heteroatoms. The van der Waals surface area contributed by atoms with E-state index in [0.717, 1.165) is 25.7 Å². The van der Waals surface area contributed by atoms with Crippen LogP contribution in [0.15, 0.2) is 24.3 Å². The zero-order valence-electron chi connectivity index (χ0n) is 11.1. The van der Waals surface area contributed by atoms with Gasteiger partial charge in [-0.25, -0.2) is 0 Å². The monoisotopic (exact) mass is 261 g/mol. The number of carbonyl (C=O) groups is 2. The second-order valence-electron chi connectivity index (χ2n) is 4.96. The van der Waals surface area contributed by atoms with Crippen LogP contribution in [0, 0.1) is 5.92 Å².